The molecule has 4 rings (SSSR count). The van der Waals surface area contributed by atoms with E-state index in [9.17, 15) is 9.59 Å². The van der Waals surface area contributed by atoms with E-state index >= 15 is 0 Å². The molecule has 1 saturated heterocycles. The number of nitrogens with zero attached hydrogens (tertiary/aromatic N) is 3. The van der Waals surface area contributed by atoms with E-state index in [1.54, 1.807) is 11.8 Å². The summed E-state index contributed by atoms with van der Waals surface area (Å²) in [7, 11) is 0. The van der Waals surface area contributed by atoms with E-state index in [1.165, 1.54) is 6.07 Å². The Morgan fingerprint density at radius 1 is 1.16 bits per heavy atom. The number of benzene rings is 1. The summed E-state index contributed by atoms with van der Waals surface area (Å²) < 4.78 is 16.8. The molecule has 0 bridgehead atoms. The minimum absolute atomic E-state index is 0.0837. The third kappa shape index (κ3) is 5.12. The smallest absolute Gasteiger partial charge is 0.415 e. The number of para-hydroxylation sites is 1. The monoisotopic (exact) mass is 459 g/mol. The Labute approximate surface area is 191 Å². The SMILES string of the molecule is CCOC(=O)C1CCN(C(=O)Oc2cc(Cl)nnc2Oc2c(C)cccc2C2CC2)CC1. The molecular weight excluding hydrogens is 434 g/mol. The molecule has 2 aliphatic rings. The summed E-state index contributed by atoms with van der Waals surface area (Å²) in [6.07, 6.45) is 2.75. The molecule has 1 aliphatic heterocycles. The maximum absolute atomic E-state index is 12.8. The fourth-order valence-corrected chi connectivity index (χ4v) is 3.97. The second-order valence-electron chi connectivity index (χ2n) is 8.09. The summed E-state index contributed by atoms with van der Waals surface area (Å²) in [5.74, 6) is 0.951. The van der Waals surface area contributed by atoms with Gasteiger partial charge in [-0.3, -0.25) is 4.79 Å². The van der Waals surface area contributed by atoms with Crippen molar-refractivity contribution >= 4 is 23.7 Å². The van der Waals surface area contributed by atoms with E-state index < -0.39 is 6.09 Å². The van der Waals surface area contributed by atoms with Crippen LogP contribution in [0.15, 0.2) is 24.3 Å². The number of likely N-dealkylation sites (tertiary alicyclic amines) is 1. The first-order valence-electron chi connectivity index (χ1n) is 10.9. The average molecular weight is 460 g/mol. The molecule has 1 amide bonds. The molecule has 170 valence electrons. The summed E-state index contributed by atoms with van der Waals surface area (Å²) in [6, 6.07) is 7.43. The predicted octanol–water partition coefficient (Wildman–Crippen LogP) is 4.88. The zero-order valence-corrected chi connectivity index (χ0v) is 18.9. The number of aryl methyl sites for hydroxylation is 1. The highest BCUT2D eigenvalue weighted by Gasteiger charge is 2.31. The second-order valence-corrected chi connectivity index (χ2v) is 8.47. The standard InChI is InChI=1S/C23H26ClN3O5/c1-3-30-22(28)16-9-11-27(12-10-16)23(29)31-18-13-19(24)25-26-21(18)32-20-14(2)5-4-6-17(20)15-7-8-15/h4-6,13,15-16H,3,7-12H2,1-2H3. The van der Waals surface area contributed by atoms with Gasteiger partial charge >= 0.3 is 12.1 Å². The fourth-order valence-electron chi connectivity index (χ4n) is 3.83. The topological polar surface area (TPSA) is 90.9 Å². The van der Waals surface area contributed by atoms with Gasteiger partial charge in [-0.05, 0) is 56.6 Å². The first-order valence-corrected chi connectivity index (χ1v) is 11.3. The lowest BCUT2D eigenvalue weighted by atomic mass is 9.97. The number of rotatable bonds is 6. The summed E-state index contributed by atoms with van der Waals surface area (Å²) in [5.41, 5.74) is 2.07. The molecule has 0 spiro atoms. The van der Waals surface area contributed by atoms with Crippen molar-refractivity contribution in [3.05, 3.63) is 40.5 Å². The van der Waals surface area contributed by atoms with Crippen LogP contribution in [0.25, 0.3) is 0 Å². The van der Waals surface area contributed by atoms with Crippen LogP contribution in [0.1, 0.15) is 49.7 Å². The maximum Gasteiger partial charge on any atom is 0.415 e. The first kappa shape index (κ1) is 22.3. The molecule has 1 aliphatic carbocycles. The lowest BCUT2D eigenvalue weighted by Gasteiger charge is -2.30. The van der Waals surface area contributed by atoms with Gasteiger partial charge in [-0.25, -0.2) is 4.79 Å². The number of carbonyl (C=O) groups is 2. The molecule has 0 radical (unpaired) electrons. The van der Waals surface area contributed by atoms with Gasteiger partial charge in [0.1, 0.15) is 5.75 Å². The van der Waals surface area contributed by atoms with Crippen LogP contribution in [-0.2, 0) is 9.53 Å². The molecule has 1 saturated carbocycles. The van der Waals surface area contributed by atoms with Crippen molar-refractivity contribution < 1.29 is 23.8 Å². The molecule has 0 N–H and O–H groups in total. The Morgan fingerprint density at radius 2 is 1.91 bits per heavy atom. The minimum atomic E-state index is -0.548. The lowest BCUT2D eigenvalue weighted by Crippen LogP contribution is -2.42. The Bertz CT molecular complexity index is 1000. The van der Waals surface area contributed by atoms with Crippen molar-refractivity contribution in [2.45, 2.75) is 45.4 Å². The number of piperidine rings is 1. The Kier molecular flexibility index (Phi) is 6.79. The maximum atomic E-state index is 12.8. The molecule has 8 nitrogen and oxygen atoms in total. The molecule has 9 heteroatoms. The normalized spacial score (nSPS) is 16.5. The first-order chi connectivity index (χ1) is 15.5. The molecule has 2 aromatic rings. The van der Waals surface area contributed by atoms with E-state index in [4.69, 9.17) is 25.8 Å². The lowest BCUT2D eigenvalue weighted by molar-refractivity contribution is -0.149. The van der Waals surface area contributed by atoms with Crippen LogP contribution in [0.3, 0.4) is 0 Å². The van der Waals surface area contributed by atoms with Crippen molar-refractivity contribution in [2.24, 2.45) is 5.92 Å². The number of ether oxygens (including phenoxy) is 3. The Hall–Kier alpha value is -2.87. The zero-order chi connectivity index (χ0) is 22.7. The van der Waals surface area contributed by atoms with Crippen LogP contribution >= 0.6 is 11.6 Å². The third-order valence-corrected chi connectivity index (χ3v) is 5.91. The number of amides is 1. The van der Waals surface area contributed by atoms with Crippen LogP contribution < -0.4 is 9.47 Å². The third-order valence-electron chi connectivity index (χ3n) is 5.73. The van der Waals surface area contributed by atoms with Crippen LogP contribution in [0, 0.1) is 12.8 Å². The van der Waals surface area contributed by atoms with Crippen molar-refractivity contribution in [1.29, 1.82) is 0 Å². The van der Waals surface area contributed by atoms with Crippen molar-refractivity contribution in [3.63, 3.8) is 0 Å². The molecular formula is C23H26ClN3O5. The molecule has 0 unspecified atom stereocenters. The van der Waals surface area contributed by atoms with E-state index in [-0.39, 0.29) is 28.7 Å². The van der Waals surface area contributed by atoms with Gasteiger partial charge in [-0.2, -0.15) is 0 Å². The highest BCUT2D eigenvalue weighted by Crippen LogP contribution is 2.46. The molecule has 0 atom stereocenters. The van der Waals surface area contributed by atoms with Gasteiger partial charge in [-0.1, -0.05) is 29.8 Å². The molecule has 2 fully saturated rings. The van der Waals surface area contributed by atoms with Crippen LogP contribution in [0.2, 0.25) is 5.15 Å². The van der Waals surface area contributed by atoms with Crippen molar-refractivity contribution in [2.75, 3.05) is 19.7 Å². The highest BCUT2D eigenvalue weighted by atomic mass is 35.5. The van der Waals surface area contributed by atoms with E-state index in [2.05, 4.69) is 10.2 Å². The van der Waals surface area contributed by atoms with Crippen molar-refractivity contribution in [1.82, 2.24) is 15.1 Å². The number of esters is 1. The number of hydrogen-bond acceptors (Lipinski definition) is 7. The van der Waals surface area contributed by atoms with Gasteiger partial charge in [0.25, 0.3) is 5.88 Å². The Morgan fingerprint density at radius 3 is 2.59 bits per heavy atom. The summed E-state index contributed by atoms with van der Waals surface area (Å²) in [6.45, 7) is 4.89. The van der Waals surface area contributed by atoms with Crippen LogP contribution in [0.5, 0.6) is 17.4 Å². The quantitative estimate of drug-likeness (QED) is 0.568. The number of aromatic nitrogens is 2. The summed E-state index contributed by atoms with van der Waals surface area (Å²) in [5, 5.41) is 7.98. The van der Waals surface area contributed by atoms with Crippen LogP contribution in [0.4, 0.5) is 4.79 Å². The minimum Gasteiger partial charge on any atom is -0.466 e. The van der Waals surface area contributed by atoms with Crippen molar-refractivity contribution in [3.8, 4) is 17.4 Å². The van der Waals surface area contributed by atoms with Gasteiger partial charge in [0.2, 0.25) is 0 Å². The van der Waals surface area contributed by atoms with Gasteiger partial charge < -0.3 is 19.1 Å². The van der Waals surface area contributed by atoms with E-state index in [1.807, 2.05) is 25.1 Å². The second kappa shape index (κ2) is 9.73. The molecule has 1 aromatic heterocycles. The molecule has 32 heavy (non-hydrogen) atoms. The fraction of sp³-hybridized carbons (Fsp3) is 0.478. The Balaban J connectivity index is 1.47. The summed E-state index contributed by atoms with van der Waals surface area (Å²) >= 11 is 6.01. The van der Waals surface area contributed by atoms with Gasteiger partial charge in [-0.15, -0.1) is 10.2 Å². The zero-order valence-electron chi connectivity index (χ0n) is 18.2. The number of carbonyl (C=O) groups excluding carboxylic acids is 2. The average Bonchev–Trinajstić information content (AvgIpc) is 3.62. The van der Waals surface area contributed by atoms with Gasteiger partial charge in [0, 0.05) is 19.2 Å². The predicted molar refractivity (Wildman–Crippen MR) is 117 cm³/mol. The largest absolute Gasteiger partial charge is 0.466 e. The number of halogens is 1. The van der Waals surface area contributed by atoms with Gasteiger partial charge in [0.15, 0.2) is 10.9 Å². The highest BCUT2D eigenvalue weighted by molar-refractivity contribution is 6.29. The van der Waals surface area contributed by atoms with E-state index in [0.717, 1.165) is 24.0 Å². The van der Waals surface area contributed by atoms with Crippen LogP contribution in [-0.4, -0.2) is 46.9 Å². The summed E-state index contributed by atoms with van der Waals surface area (Å²) in [4.78, 5) is 26.3. The number of hydrogen-bond donors (Lipinski definition) is 0. The molecule has 2 heterocycles. The molecule has 1 aromatic carbocycles. The van der Waals surface area contributed by atoms with Gasteiger partial charge in [0.05, 0.1) is 12.5 Å². The van der Waals surface area contributed by atoms with E-state index in [0.29, 0.717) is 44.2 Å².